The van der Waals surface area contributed by atoms with Crippen molar-refractivity contribution in [3.63, 3.8) is 0 Å². The van der Waals surface area contributed by atoms with Gasteiger partial charge in [0.05, 0.1) is 4.91 Å². The predicted molar refractivity (Wildman–Crippen MR) is 65.1 cm³/mol. The zero-order chi connectivity index (χ0) is 11.6. The van der Waals surface area contributed by atoms with Crippen LogP contribution >= 0.6 is 23.4 Å². The van der Waals surface area contributed by atoms with E-state index in [1.54, 1.807) is 0 Å². The van der Waals surface area contributed by atoms with Crippen LogP contribution in [-0.2, 0) is 4.79 Å². The molecule has 0 aliphatic heterocycles. The number of hydrogen-bond acceptors (Lipinski definition) is 3. The maximum absolute atomic E-state index is 11.7. The zero-order valence-corrected chi connectivity index (χ0v) is 10.5. The second kappa shape index (κ2) is 4.62. The highest BCUT2D eigenvalue weighted by molar-refractivity contribution is 8.04. The first-order valence-corrected chi connectivity index (χ1v) is 6.09. The Bertz CT molecular complexity index is 331. The molecule has 0 radical (unpaired) electrons. The number of halogens is 1. The summed E-state index contributed by atoms with van der Waals surface area (Å²) in [7, 11) is 0. The highest BCUT2D eigenvalue weighted by Gasteiger charge is 2.33. The van der Waals surface area contributed by atoms with E-state index < -0.39 is 0 Å². The van der Waals surface area contributed by atoms with Crippen molar-refractivity contribution >= 4 is 29.1 Å². The Morgan fingerprint density at radius 1 is 1.60 bits per heavy atom. The Kier molecular flexibility index (Phi) is 3.90. The minimum absolute atomic E-state index is 0.00617. The van der Waals surface area contributed by atoms with Gasteiger partial charge in [0.2, 0.25) is 0 Å². The van der Waals surface area contributed by atoms with Crippen molar-refractivity contribution < 1.29 is 9.90 Å². The minimum atomic E-state index is -0.136. The number of rotatable bonds is 3. The van der Waals surface area contributed by atoms with Gasteiger partial charge in [-0.3, -0.25) is 4.79 Å². The average Bonchev–Trinajstić information content (AvgIpc) is 1.98. The Morgan fingerprint density at radius 2 is 2.20 bits per heavy atom. The topological polar surface area (TPSA) is 37.3 Å². The fourth-order valence-corrected chi connectivity index (χ4v) is 2.52. The molecular weight excluding hydrogens is 232 g/mol. The summed E-state index contributed by atoms with van der Waals surface area (Å²) in [5.74, 6) is 0.665. The summed E-state index contributed by atoms with van der Waals surface area (Å²) in [6, 6.07) is 0. The maximum Gasteiger partial charge on any atom is 0.173 e. The van der Waals surface area contributed by atoms with Crippen LogP contribution in [0, 0.1) is 5.41 Å². The molecule has 2 nitrogen and oxygen atoms in total. The summed E-state index contributed by atoms with van der Waals surface area (Å²) in [6.45, 7) is 7.50. The van der Waals surface area contributed by atoms with E-state index in [0.29, 0.717) is 28.5 Å². The standard InChI is InChI=1S/C11H15ClO2S/c1-7(12)6-15-10-8(13)4-11(2,3)5-9(10)14/h13H,1,4-6H2,2-3H3. The molecule has 0 bridgehead atoms. The lowest BCUT2D eigenvalue weighted by Crippen LogP contribution is -2.24. The van der Waals surface area contributed by atoms with Crippen molar-refractivity contribution in [2.45, 2.75) is 26.7 Å². The van der Waals surface area contributed by atoms with E-state index in [4.69, 9.17) is 11.6 Å². The van der Waals surface area contributed by atoms with E-state index >= 15 is 0 Å². The molecule has 0 atom stereocenters. The van der Waals surface area contributed by atoms with E-state index in [-0.39, 0.29) is 17.0 Å². The van der Waals surface area contributed by atoms with Gasteiger partial charge in [-0.25, -0.2) is 0 Å². The van der Waals surface area contributed by atoms with Gasteiger partial charge in [0.25, 0.3) is 0 Å². The molecule has 0 spiro atoms. The van der Waals surface area contributed by atoms with E-state index in [2.05, 4.69) is 6.58 Å². The summed E-state index contributed by atoms with van der Waals surface area (Å²) in [5.41, 5.74) is -0.136. The monoisotopic (exact) mass is 246 g/mol. The Balaban J connectivity index is 2.78. The quantitative estimate of drug-likeness (QED) is 0.826. The van der Waals surface area contributed by atoms with Crippen LogP contribution in [-0.4, -0.2) is 16.6 Å². The molecule has 1 N–H and O–H groups in total. The van der Waals surface area contributed by atoms with Gasteiger partial charge in [0.1, 0.15) is 5.76 Å². The van der Waals surface area contributed by atoms with E-state index in [1.807, 2.05) is 13.8 Å². The predicted octanol–water partition coefficient (Wildman–Crippen LogP) is 3.63. The summed E-state index contributed by atoms with van der Waals surface area (Å²) in [4.78, 5) is 12.2. The molecule has 4 heteroatoms. The Labute approximate surface area is 99.4 Å². The number of aliphatic hydroxyl groups excluding tert-OH is 1. The number of Topliss-reactive ketones (excluding diaryl/α,β-unsaturated/α-hetero) is 1. The molecule has 15 heavy (non-hydrogen) atoms. The average molecular weight is 247 g/mol. The first-order valence-electron chi connectivity index (χ1n) is 4.73. The number of hydrogen-bond donors (Lipinski definition) is 1. The van der Waals surface area contributed by atoms with Gasteiger partial charge in [-0.2, -0.15) is 0 Å². The first-order chi connectivity index (χ1) is 6.82. The van der Waals surface area contributed by atoms with Gasteiger partial charge in [-0.15, -0.1) is 11.8 Å². The molecule has 0 unspecified atom stereocenters. The summed E-state index contributed by atoms with van der Waals surface area (Å²) < 4.78 is 0. The second-order valence-electron chi connectivity index (χ2n) is 4.52. The van der Waals surface area contributed by atoms with Gasteiger partial charge < -0.3 is 5.11 Å². The van der Waals surface area contributed by atoms with Crippen LogP contribution < -0.4 is 0 Å². The zero-order valence-electron chi connectivity index (χ0n) is 8.97. The number of carbonyl (C=O) groups excluding carboxylic acids is 1. The smallest absolute Gasteiger partial charge is 0.173 e. The molecule has 0 aromatic rings. The first kappa shape index (κ1) is 12.7. The molecule has 0 amide bonds. The molecule has 0 aromatic heterocycles. The van der Waals surface area contributed by atoms with Gasteiger partial charge >= 0.3 is 0 Å². The van der Waals surface area contributed by atoms with Crippen LogP contribution in [0.25, 0.3) is 0 Å². The fraction of sp³-hybridized carbons (Fsp3) is 0.545. The van der Waals surface area contributed by atoms with Crippen molar-refractivity contribution in [3.05, 3.63) is 22.3 Å². The van der Waals surface area contributed by atoms with Crippen LogP contribution in [0.5, 0.6) is 0 Å². The molecule has 0 heterocycles. The lowest BCUT2D eigenvalue weighted by Gasteiger charge is -2.29. The second-order valence-corrected chi connectivity index (χ2v) is 6.04. The highest BCUT2D eigenvalue weighted by atomic mass is 35.5. The van der Waals surface area contributed by atoms with Crippen molar-refractivity contribution in [3.8, 4) is 0 Å². The molecule has 0 aromatic carbocycles. The molecule has 1 aliphatic rings. The molecule has 84 valence electrons. The molecule has 1 aliphatic carbocycles. The summed E-state index contributed by atoms with van der Waals surface area (Å²) in [6.07, 6.45) is 1.03. The number of carbonyl (C=O) groups is 1. The third kappa shape index (κ3) is 3.58. The Hall–Kier alpha value is -0.410. The molecule has 0 saturated carbocycles. The number of allylic oxidation sites excluding steroid dienone is 2. The van der Waals surface area contributed by atoms with Crippen molar-refractivity contribution in [1.29, 1.82) is 0 Å². The van der Waals surface area contributed by atoms with Crippen molar-refractivity contribution in [2.24, 2.45) is 5.41 Å². The van der Waals surface area contributed by atoms with Gasteiger partial charge in [-0.05, 0) is 5.41 Å². The minimum Gasteiger partial charge on any atom is -0.511 e. The lowest BCUT2D eigenvalue weighted by molar-refractivity contribution is -0.117. The van der Waals surface area contributed by atoms with E-state index in [1.165, 1.54) is 11.8 Å². The SMILES string of the molecule is C=C(Cl)CSC1=C(O)CC(C)(C)CC1=O. The van der Waals surface area contributed by atoms with Gasteiger partial charge in [0, 0.05) is 23.6 Å². The number of thioether (sulfide) groups is 1. The van der Waals surface area contributed by atoms with Crippen LogP contribution in [0.15, 0.2) is 22.3 Å². The van der Waals surface area contributed by atoms with Crippen molar-refractivity contribution in [2.75, 3.05) is 5.75 Å². The van der Waals surface area contributed by atoms with Gasteiger partial charge in [-0.1, -0.05) is 32.0 Å². The normalized spacial score (nSPS) is 20.6. The van der Waals surface area contributed by atoms with Crippen LogP contribution in [0.1, 0.15) is 26.7 Å². The third-order valence-corrected chi connectivity index (χ3v) is 3.71. The molecular formula is C11H15ClO2S. The molecule has 0 saturated heterocycles. The largest absolute Gasteiger partial charge is 0.511 e. The van der Waals surface area contributed by atoms with Crippen molar-refractivity contribution in [1.82, 2.24) is 0 Å². The van der Waals surface area contributed by atoms with E-state index in [0.717, 1.165) is 0 Å². The Morgan fingerprint density at radius 3 is 2.67 bits per heavy atom. The third-order valence-electron chi connectivity index (χ3n) is 2.17. The van der Waals surface area contributed by atoms with Crippen LogP contribution in [0.4, 0.5) is 0 Å². The summed E-state index contributed by atoms with van der Waals surface area (Å²) in [5, 5.41) is 10.2. The molecule has 0 fully saturated rings. The maximum atomic E-state index is 11.7. The fourth-order valence-electron chi connectivity index (χ4n) is 1.59. The highest BCUT2D eigenvalue weighted by Crippen LogP contribution is 2.39. The van der Waals surface area contributed by atoms with E-state index in [9.17, 15) is 9.90 Å². The summed E-state index contributed by atoms with van der Waals surface area (Å²) >= 11 is 6.89. The number of ketones is 1. The van der Waals surface area contributed by atoms with Crippen LogP contribution in [0.2, 0.25) is 0 Å². The van der Waals surface area contributed by atoms with Crippen LogP contribution in [0.3, 0.4) is 0 Å². The molecule has 1 rings (SSSR count). The number of aliphatic hydroxyl groups is 1. The van der Waals surface area contributed by atoms with Gasteiger partial charge in [0.15, 0.2) is 5.78 Å². The lowest BCUT2D eigenvalue weighted by atomic mass is 9.79.